The Morgan fingerprint density at radius 1 is 0.886 bits per heavy atom. The van der Waals surface area contributed by atoms with Crippen LogP contribution in [0.15, 0.2) is 17.1 Å². The predicted octanol–water partition coefficient (Wildman–Crippen LogP) is 0.218. The lowest BCUT2D eigenvalue weighted by atomic mass is 10.0. The average molecular weight is 659 g/mol. The number of hydrogen-bond donors (Lipinski definition) is 8. The summed E-state index contributed by atoms with van der Waals surface area (Å²) in [6.07, 6.45) is 16.4. The summed E-state index contributed by atoms with van der Waals surface area (Å²) in [5.41, 5.74) is 5.94. The van der Waals surface area contributed by atoms with E-state index in [1.165, 1.54) is 56.9 Å². The minimum absolute atomic E-state index is 0.214. The van der Waals surface area contributed by atoms with Crippen LogP contribution >= 0.6 is 11.8 Å². The van der Waals surface area contributed by atoms with Crippen molar-refractivity contribution < 1.29 is 9.00 Å². The van der Waals surface area contributed by atoms with E-state index in [9.17, 15) is 9.00 Å². The van der Waals surface area contributed by atoms with E-state index in [0.717, 1.165) is 103 Å². The van der Waals surface area contributed by atoms with Gasteiger partial charge in [0.25, 0.3) is 0 Å². The van der Waals surface area contributed by atoms with Crippen molar-refractivity contribution in [3.05, 3.63) is 12.2 Å². The van der Waals surface area contributed by atoms with Gasteiger partial charge in [0.1, 0.15) is 0 Å². The van der Waals surface area contributed by atoms with Crippen LogP contribution in [0.25, 0.3) is 0 Å². The van der Waals surface area contributed by atoms with Crippen molar-refractivity contribution in [2.24, 2.45) is 4.99 Å². The van der Waals surface area contributed by atoms with Crippen LogP contribution < -0.4 is 42.2 Å². The van der Waals surface area contributed by atoms with Gasteiger partial charge >= 0.3 is 0 Å². The number of amides is 1. The molecule has 1 amide bonds. The van der Waals surface area contributed by atoms with Crippen molar-refractivity contribution in [2.45, 2.75) is 63.8 Å². The second-order valence-corrected chi connectivity index (χ2v) is 14.8. The minimum atomic E-state index is -1.87. The highest BCUT2D eigenvalue weighted by atomic mass is 32.2. The first-order chi connectivity index (χ1) is 21.6. The van der Waals surface area contributed by atoms with Gasteiger partial charge in [-0.3, -0.25) is 29.7 Å². The molecule has 0 radical (unpaired) electrons. The molecule has 9 rings (SSSR count). The fraction of sp³-hybridized carbons (Fsp3) is 0.833. The summed E-state index contributed by atoms with van der Waals surface area (Å²) in [6, 6.07) is 0.861. The number of hydrazine groups is 1. The van der Waals surface area contributed by atoms with Crippen LogP contribution in [-0.2, 0) is 14.5 Å². The van der Waals surface area contributed by atoms with Crippen molar-refractivity contribution in [3.8, 4) is 0 Å². The summed E-state index contributed by atoms with van der Waals surface area (Å²) in [5, 5.41) is 15.4. The molecule has 0 spiro atoms. The molecule has 9 aliphatic rings. The molecule has 0 aliphatic carbocycles. The number of rotatable bonds is 0. The Bertz CT molecular complexity index is 762. The molecule has 8 N–H and O–H groups in total. The Balaban J connectivity index is 0.000000181. The number of hydrogen-bond acceptors (Lipinski definition) is 11. The van der Waals surface area contributed by atoms with Gasteiger partial charge in [0.05, 0.1) is 12.9 Å². The first kappa shape index (κ1) is 39.0. The third kappa shape index (κ3) is 23.2. The van der Waals surface area contributed by atoms with E-state index in [1.54, 1.807) is 6.34 Å². The maximum absolute atomic E-state index is 11.2. The van der Waals surface area contributed by atoms with Crippen LogP contribution in [0, 0.1) is 0 Å². The van der Waals surface area contributed by atoms with Crippen LogP contribution in [0.5, 0.6) is 0 Å². The van der Waals surface area contributed by atoms with E-state index in [-0.39, 0.29) is 5.91 Å². The van der Waals surface area contributed by atoms with Gasteiger partial charge < -0.3 is 26.6 Å². The highest BCUT2D eigenvalue weighted by Gasteiger charge is 2.23. The first-order valence-corrected chi connectivity index (χ1v) is 19.7. The van der Waals surface area contributed by atoms with Crippen LogP contribution in [0.1, 0.15) is 57.8 Å². The van der Waals surface area contributed by atoms with Gasteiger partial charge in [-0.25, -0.2) is 4.72 Å². The number of carbonyl (C=O) groups excluding carboxylic acids is 1. The summed E-state index contributed by atoms with van der Waals surface area (Å²) < 4.78 is 14.1. The van der Waals surface area contributed by atoms with Gasteiger partial charge in [-0.15, -0.1) is 11.8 Å². The van der Waals surface area contributed by atoms with Crippen molar-refractivity contribution >= 4 is 39.6 Å². The Labute approximate surface area is 272 Å². The van der Waals surface area contributed by atoms with Gasteiger partial charge in [0.2, 0.25) is 5.91 Å². The van der Waals surface area contributed by atoms with E-state index >= 15 is 0 Å². The quantitative estimate of drug-likeness (QED) is 0.134. The molecule has 7 fully saturated rings. The molecule has 44 heavy (non-hydrogen) atoms. The zero-order valence-corrected chi connectivity index (χ0v) is 28.6. The molecule has 0 aromatic carbocycles. The lowest BCUT2D eigenvalue weighted by Crippen LogP contribution is -2.54. The van der Waals surface area contributed by atoms with Crippen LogP contribution in [0.4, 0.5) is 0 Å². The minimum Gasteiger partial charge on any atom is -0.375 e. The first-order valence-electron chi connectivity index (χ1n) is 16.7. The van der Waals surface area contributed by atoms with Gasteiger partial charge in [0.15, 0.2) is 0 Å². The Kier molecular flexibility index (Phi) is 23.8. The summed E-state index contributed by atoms with van der Waals surface area (Å²) in [7, 11) is -1.87. The number of carbonyl (C=O) groups is 1. The van der Waals surface area contributed by atoms with Gasteiger partial charge in [-0.2, -0.15) is 0 Å². The number of thioether (sulfide) groups is 1. The molecule has 12 nitrogen and oxygen atoms in total. The summed E-state index contributed by atoms with van der Waals surface area (Å²) >= 11 is 1.96. The highest BCUT2D eigenvalue weighted by molar-refractivity contribution is 7.99. The second kappa shape index (κ2) is 26.9. The van der Waals surface area contributed by atoms with E-state index in [0.29, 0.717) is 0 Å². The molecule has 0 saturated carbocycles. The van der Waals surface area contributed by atoms with Crippen molar-refractivity contribution in [1.29, 1.82) is 0 Å². The Morgan fingerprint density at radius 3 is 1.98 bits per heavy atom. The van der Waals surface area contributed by atoms with E-state index in [1.807, 2.05) is 11.8 Å². The Morgan fingerprint density at radius 2 is 1.66 bits per heavy atom. The van der Waals surface area contributed by atoms with Gasteiger partial charge in [-0.1, -0.05) is 18.6 Å². The summed E-state index contributed by atoms with van der Waals surface area (Å²) in [6.45, 7) is 13.2. The third-order valence-corrected chi connectivity index (χ3v) is 10.1. The molecular weight excluding hydrogens is 597 g/mol. The zero-order chi connectivity index (χ0) is 31.4. The number of fused-ring (bicyclic) bond motifs is 3. The van der Waals surface area contributed by atoms with Crippen molar-refractivity contribution in [2.75, 3.05) is 96.0 Å². The molecule has 0 aromatic heterocycles. The maximum atomic E-state index is 11.2. The normalized spacial score (nSPS) is 29.3. The highest BCUT2D eigenvalue weighted by Crippen LogP contribution is 2.13. The number of nitrogens with one attached hydrogen (secondary N) is 8. The lowest BCUT2D eigenvalue weighted by molar-refractivity contribution is -0.122. The second-order valence-electron chi connectivity index (χ2n) is 11.4. The largest absolute Gasteiger partial charge is 0.375 e. The molecule has 256 valence electrons. The van der Waals surface area contributed by atoms with Crippen LogP contribution in [-0.4, -0.2) is 129 Å². The van der Waals surface area contributed by atoms with Crippen LogP contribution in [0.3, 0.4) is 0 Å². The molecule has 9 heterocycles. The molecule has 14 heteroatoms. The Hall–Kier alpha value is -1.23. The van der Waals surface area contributed by atoms with E-state index in [2.05, 4.69) is 70.1 Å². The molecule has 7 saturated heterocycles. The number of aliphatic imine (C=N–C) groups is 1. The predicted molar refractivity (Wildman–Crippen MR) is 191 cm³/mol. The smallest absolute Gasteiger partial charge is 0.219 e. The van der Waals surface area contributed by atoms with Crippen molar-refractivity contribution in [3.63, 3.8) is 0 Å². The van der Waals surface area contributed by atoms with Gasteiger partial charge in [-0.05, 0) is 50.8 Å². The number of nitrogens with zero attached hydrogens (tertiary/aromatic N) is 2. The summed E-state index contributed by atoms with van der Waals surface area (Å²) in [5.74, 6) is 7.05. The molecule has 1 atom stereocenters. The number of piperidine rings is 2. The van der Waals surface area contributed by atoms with E-state index < -0.39 is 9.71 Å². The molecule has 0 aromatic rings. The molecule has 2 bridgehead atoms. The maximum Gasteiger partial charge on any atom is 0.219 e. The average Bonchev–Trinajstić information content (AvgIpc) is 3.90. The monoisotopic (exact) mass is 658 g/mol. The van der Waals surface area contributed by atoms with Crippen molar-refractivity contribution in [1.82, 2.24) is 47.1 Å². The molecular formula is C30H62N10O2S2. The zero-order valence-electron chi connectivity index (χ0n) is 27.0. The van der Waals surface area contributed by atoms with Gasteiger partial charge in [0, 0.05) is 112 Å². The SMILES string of the molecule is C1=CCNC1.C1=NCCN1.C1CN2CCC1NC2.C1CNNC1.C1CSCN1.C=S1(=O)CCCCCN1.O=C1CCCCN1. The topological polar surface area (TPSA) is 146 Å². The molecule has 1 unspecified atom stereocenters. The van der Waals surface area contributed by atoms with E-state index in [4.69, 9.17) is 0 Å². The lowest BCUT2D eigenvalue weighted by Gasteiger charge is -2.39. The fourth-order valence-electron chi connectivity index (χ4n) is 4.79. The summed E-state index contributed by atoms with van der Waals surface area (Å²) in [4.78, 5) is 16.7. The standard InChI is InChI=1S/C6H12N2.C6H13NOS.C5H9NO.C4H7N.C3H6N2.C3H8N2.C3H7NS/c1-3-8-4-2-6(1)7-5-8;1-9(8)6-4-2-3-5-7-9;7-5-3-1-2-4-6-5;1-2-4-5-3-1;1-2-5-3-4-1;1-2-4-5-3-1;1-2-5-3-4-1/h6-7H,1-5H2;1-6H2,(H,7,8);1-4H2,(H,6,7);1-2,5H,3-4H2;3H,1-2H2,(H,4,5);4-5H,1-3H2;4H,1-3H2. The third-order valence-electron chi connectivity index (χ3n) is 7.47. The van der Waals surface area contributed by atoms with Crippen LogP contribution in [0.2, 0.25) is 0 Å². The molecule has 9 aliphatic heterocycles. The fourth-order valence-corrected chi connectivity index (χ4v) is 6.84.